The number of amides is 1. The van der Waals surface area contributed by atoms with Gasteiger partial charge >= 0.3 is 0 Å². The summed E-state index contributed by atoms with van der Waals surface area (Å²) in [5, 5.41) is 13.9. The normalized spacial score (nSPS) is 21.6. The van der Waals surface area contributed by atoms with E-state index in [0.29, 0.717) is 18.0 Å². The van der Waals surface area contributed by atoms with E-state index in [9.17, 15) is 14.9 Å². The fourth-order valence-electron chi connectivity index (χ4n) is 2.78. The lowest BCUT2D eigenvalue weighted by Gasteiger charge is -2.19. The van der Waals surface area contributed by atoms with E-state index in [4.69, 9.17) is 5.73 Å². The van der Waals surface area contributed by atoms with Gasteiger partial charge in [0.1, 0.15) is 0 Å². The molecule has 6 heteroatoms. The molecule has 0 spiro atoms. The minimum atomic E-state index is -0.457. The highest BCUT2D eigenvalue weighted by molar-refractivity contribution is 5.80. The summed E-state index contributed by atoms with van der Waals surface area (Å²) in [5.41, 5.74) is 6.11. The molecule has 20 heavy (non-hydrogen) atoms. The van der Waals surface area contributed by atoms with Crippen LogP contribution in [0, 0.1) is 16.0 Å². The number of hydrogen-bond acceptors (Lipinski definition) is 4. The Balaban J connectivity index is 2.00. The molecule has 3 N–H and O–H groups in total. The van der Waals surface area contributed by atoms with Crippen molar-refractivity contribution in [3.63, 3.8) is 0 Å². The van der Waals surface area contributed by atoms with Gasteiger partial charge in [-0.3, -0.25) is 14.9 Å². The number of carbonyl (C=O) groups is 1. The molecule has 0 bridgehead atoms. The van der Waals surface area contributed by atoms with Gasteiger partial charge in [-0.15, -0.1) is 0 Å². The number of rotatable bonds is 5. The Kier molecular flexibility index (Phi) is 4.68. The van der Waals surface area contributed by atoms with Crippen LogP contribution in [-0.4, -0.2) is 23.4 Å². The van der Waals surface area contributed by atoms with E-state index < -0.39 is 4.92 Å². The van der Waals surface area contributed by atoms with Crippen LogP contribution >= 0.6 is 0 Å². The van der Waals surface area contributed by atoms with Gasteiger partial charge in [-0.2, -0.15) is 0 Å². The van der Waals surface area contributed by atoms with Gasteiger partial charge in [-0.05, 0) is 25.3 Å². The van der Waals surface area contributed by atoms with Crippen LogP contribution in [0.2, 0.25) is 0 Å². The first-order valence-corrected chi connectivity index (χ1v) is 6.83. The topological polar surface area (TPSA) is 98.3 Å². The number of benzene rings is 1. The molecule has 0 heterocycles. The maximum atomic E-state index is 12.0. The highest BCUT2D eigenvalue weighted by atomic mass is 16.6. The average Bonchev–Trinajstić information content (AvgIpc) is 2.86. The fraction of sp³-hybridized carbons (Fsp3) is 0.500. The third-order valence-corrected chi connectivity index (χ3v) is 3.85. The van der Waals surface area contributed by atoms with E-state index in [-0.39, 0.29) is 24.1 Å². The highest BCUT2D eigenvalue weighted by Crippen LogP contribution is 2.25. The molecule has 6 nitrogen and oxygen atoms in total. The number of nitrogens with two attached hydrogens (primary N) is 1. The van der Waals surface area contributed by atoms with Crippen molar-refractivity contribution in [2.75, 3.05) is 6.54 Å². The van der Waals surface area contributed by atoms with E-state index in [1.165, 1.54) is 6.07 Å². The smallest absolute Gasteiger partial charge is 0.273 e. The van der Waals surface area contributed by atoms with Crippen molar-refractivity contribution in [1.82, 2.24) is 5.32 Å². The van der Waals surface area contributed by atoms with Gasteiger partial charge in [0.05, 0.1) is 11.3 Å². The van der Waals surface area contributed by atoms with Crippen LogP contribution in [0.25, 0.3) is 0 Å². The largest absolute Gasteiger partial charge is 0.353 e. The second-order valence-electron chi connectivity index (χ2n) is 5.16. The van der Waals surface area contributed by atoms with Crippen LogP contribution in [-0.2, 0) is 11.2 Å². The van der Waals surface area contributed by atoms with Gasteiger partial charge in [0, 0.05) is 17.7 Å². The van der Waals surface area contributed by atoms with Gasteiger partial charge in [0.15, 0.2) is 0 Å². The van der Waals surface area contributed by atoms with Gasteiger partial charge < -0.3 is 11.1 Å². The van der Waals surface area contributed by atoms with E-state index in [1.54, 1.807) is 18.2 Å². The van der Waals surface area contributed by atoms with Crippen molar-refractivity contribution < 1.29 is 9.72 Å². The quantitative estimate of drug-likeness (QED) is 0.627. The summed E-state index contributed by atoms with van der Waals surface area (Å²) in [7, 11) is 0. The van der Waals surface area contributed by atoms with Crippen LogP contribution in [0.15, 0.2) is 24.3 Å². The molecule has 1 saturated carbocycles. The van der Waals surface area contributed by atoms with Gasteiger partial charge in [-0.25, -0.2) is 0 Å². The predicted octanol–water partition coefficient (Wildman–Crippen LogP) is 1.38. The van der Waals surface area contributed by atoms with E-state index >= 15 is 0 Å². The minimum absolute atomic E-state index is 0.00977. The molecule has 2 rings (SSSR count). The summed E-state index contributed by atoms with van der Waals surface area (Å²) < 4.78 is 0. The van der Waals surface area contributed by atoms with Crippen molar-refractivity contribution in [2.24, 2.45) is 11.7 Å². The molecule has 108 valence electrons. The molecule has 2 unspecified atom stereocenters. The summed E-state index contributed by atoms with van der Waals surface area (Å²) in [5.74, 6) is 0.148. The summed E-state index contributed by atoms with van der Waals surface area (Å²) in [6.07, 6.45) is 3.07. The first-order chi connectivity index (χ1) is 9.61. The number of nitrogens with zero attached hydrogens (tertiary/aromatic N) is 1. The third-order valence-electron chi connectivity index (χ3n) is 3.85. The Hall–Kier alpha value is -1.95. The molecule has 1 aromatic rings. The molecule has 0 aliphatic heterocycles. The summed E-state index contributed by atoms with van der Waals surface area (Å²) in [6.45, 7) is 0.566. The molecule has 1 aliphatic carbocycles. The van der Waals surface area contributed by atoms with Crippen LogP contribution < -0.4 is 11.1 Å². The number of nitro benzene ring substituents is 1. The van der Waals surface area contributed by atoms with Crippen LogP contribution in [0.5, 0.6) is 0 Å². The van der Waals surface area contributed by atoms with Gasteiger partial charge in [0.2, 0.25) is 5.91 Å². The van der Waals surface area contributed by atoms with Crippen molar-refractivity contribution in [3.8, 4) is 0 Å². The number of para-hydroxylation sites is 1. The molecule has 1 aromatic carbocycles. The molecular weight excluding hydrogens is 258 g/mol. The number of nitrogens with one attached hydrogen (secondary N) is 1. The lowest BCUT2D eigenvalue weighted by atomic mass is 10.0. The van der Waals surface area contributed by atoms with Gasteiger partial charge in [0.25, 0.3) is 5.69 Å². The molecule has 0 saturated heterocycles. The lowest BCUT2D eigenvalue weighted by molar-refractivity contribution is -0.385. The molecular formula is C14H19N3O3. The molecule has 1 amide bonds. The van der Waals surface area contributed by atoms with E-state index in [0.717, 1.165) is 19.3 Å². The third kappa shape index (κ3) is 3.33. The Morgan fingerprint density at radius 2 is 2.15 bits per heavy atom. The zero-order chi connectivity index (χ0) is 14.5. The van der Waals surface area contributed by atoms with Crippen LogP contribution in [0.4, 0.5) is 5.69 Å². The Labute approximate surface area is 117 Å². The molecule has 0 radical (unpaired) electrons. The van der Waals surface area contributed by atoms with Crippen LogP contribution in [0.1, 0.15) is 24.8 Å². The zero-order valence-electron chi connectivity index (χ0n) is 11.2. The number of carbonyl (C=O) groups excluding carboxylic acids is 1. The first kappa shape index (κ1) is 14.5. The second-order valence-corrected chi connectivity index (χ2v) is 5.16. The number of nitro groups is 1. The maximum Gasteiger partial charge on any atom is 0.273 e. The Bertz CT molecular complexity index is 504. The molecule has 2 atom stereocenters. The van der Waals surface area contributed by atoms with Crippen molar-refractivity contribution in [2.45, 2.75) is 31.7 Å². The second kappa shape index (κ2) is 6.47. The molecule has 1 fully saturated rings. The van der Waals surface area contributed by atoms with E-state index in [1.807, 2.05) is 0 Å². The fourth-order valence-corrected chi connectivity index (χ4v) is 2.78. The highest BCUT2D eigenvalue weighted by Gasteiger charge is 2.27. The lowest BCUT2D eigenvalue weighted by Crippen LogP contribution is -2.40. The monoisotopic (exact) mass is 277 g/mol. The molecule has 0 aromatic heterocycles. The minimum Gasteiger partial charge on any atom is -0.353 e. The maximum absolute atomic E-state index is 12.0. The zero-order valence-corrected chi connectivity index (χ0v) is 11.2. The standard InChI is InChI=1S/C14H19N3O3/c15-9-11-5-3-6-12(11)16-14(18)8-10-4-1-2-7-13(10)17(19)20/h1-2,4,7,11-12H,3,5-6,8-9,15H2,(H,16,18). The van der Waals surface area contributed by atoms with E-state index in [2.05, 4.69) is 5.32 Å². The Morgan fingerprint density at radius 3 is 2.85 bits per heavy atom. The molecule has 1 aliphatic rings. The first-order valence-electron chi connectivity index (χ1n) is 6.83. The summed E-state index contributed by atoms with van der Waals surface area (Å²) in [4.78, 5) is 22.5. The van der Waals surface area contributed by atoms with Gasteiger partial charge in [-0.1, -0.05) is 24.6 Å². The average molecular weight is 277 g/mol. The Morgan fingerprint density at radius 1 is 1.40 bits per heavy atom. The SMILES string of the molecule is NCC1CCCC1NC(=O)Cc1ccccc1[N+](=O)[O-]. The van der Waals surface area contributed by atoms with Crippen molar-refractivity contribution in [1.29, 1.82) is 0 Å². The number of hydrogen-bond donors (Lipinski definition) is 2. The van der Waals surface area contributed by atoms with Crippen molar-refractivity contribution in [3.05, 3.63) is 39.9 Å². The van der Waals surface area contributed by atoms with Crippen LogP contribution in [0.3, 0.4) is 0 Å². The van der Waals surface area contributed by atoms with Crippen molar-refractivity contribution >= 4 is 11.6 Å². The summed E-state index contributed by atoms with van der Waals surface area (Å²) >= 11 is 0. The summed E-state index contributed by atoms with van der Waals surface area (Å²) in [6, 6.07) is 6.44. The predicted molar refractivity (Wildman–Crippen MR) is 75.1 cm³/mol.